The van der Waals surface area contributed by atoms with Gasteiger partial charge in [-0.05, 0) is 79.3 Å². The van der Waals surface area contributed by atoms with Gasteiger partial charge in [0.2, 0.25) is 0 Å². The van der Waals surface area contributed by atoms with E-state index in [1.807, 2.05) is 36.4 Å². The molecule has 2 aliphatic rings. The highest BCUT2D eigenvalue weighted by atomic mass is 16.3. The number of phenolic OH excluding ortho intramolecular Hbond substituents is 1. The summed E-state index contributed by atoms with van der Waals surface area (Å²) in [6, 6.07) is 18.3. The third-order valence-electron chi connectivity index (χ3n) is 6.79. The van der Waals surface area contributed by atoms with E-state index in [1.165, 1.54) is 5.56 Å². The fourth-order valence-electron chi connectivity index (χ4n) is 4.89. The molecule has 0 saturated carbocycles. The van der Waals surface area contributed by atoms with Crippen molar-refractivity contribution >= 4 is 28.5 Å². The predicted octanol–water partition coefficient (Wildman–Crippen LogP) is 7.65. The Bertz CT molecular complexity index is 1370. The van der Waals surface area contributed by atoms with Crippen molar-refractivity contribution in [3.05, 3.63) is 88.6 Å². The first-order valence-corrected chi connectivity index (χ1v) is 11.9. The number of aryl methyl sites for hydroxylation is 2. The van der Waals surface area contributed by atoms with Crippen LogP contribution in [-0.2, 0) is 4.79 Å². The Balaban J connectivity index is 1.63. The van der Waals surface area contributed by atoms with Gasteiger partial charge in [0.15, 0.2) is 5.78 Å². The van der Waals surface area contributed by atoms with Crippen molar-refractivity contribution in [1.29, 1.82) is 0 Å². The number of Topliss-reactive ketones (excluding diaryl/α,β-unsaturated/α-hetero) is 1. The molecule has 1 unspecified atom stereocenters. The van der Waals surface area contributed by atoms with Crippen molar-refractivity contribution in [3.8, 4) is 5.75 Å². The molecule has 0 spiro atoms. The number of carbonyl (C=O) groups excluding carboxylic acids is 1. The van der Waals surface area contributed by atoms with Crippen LogP contribution in [0.15, 0.2) is 82.2 Å². The van der Waals surface area contributed by atoms with Gasteiger partial charge in [-0.2, -0.15) is 10.2 Å². The monoisotopic (exact) mass is 466 g/mol. The summed E-state index contributed by atoms with van der Waals surface area (Å²) in [7, 11) is 0. The first kappa shape index (κ1) is 22.8. The molecule has 3 aromatic rings. The van der Waals surface area contributed by atoms with Crippen molar-refractivity contribution in [2.75, 3.05) is 10.6 Å². The minimum atomic E-state index is -0.517. The number of rotatable bonds is 3. The van der Waals surface area contributed by atoms with Crippen molar-refractivity contribution in [1.82, 2.24) is 0 Å². The van der Waals surface area contributed by atoms with Crippen LogP contribution >= 0.6 is 0 Å². The first-order valence-electron chi connectivity index (χ1n) is 11.9. The second-order valence-corrected chi connectivity index (χ2v) is 10.3. The molecule has 3 aromatic carbocycles. The molecule has 0 bridgehead atoms. The van der Waals surface area contributed by atoms with E-state index in [9.17, 15) is 9.90 Å². The number of phenols is 1. The molecule has 3 N–H and O–H groups in total. The van der Waals surface area contributed by atoms with E-state index in [1.54, 1.807) is 12.1 Å². The number of hydrogen-bond acceptors (Lipinski definition) is 6. The van der Waals surface area contributed by atoms with Crippen LogP contribution in [0.1, 0.15) is 49.4 Å². The van der Waals surface area contributed by atoms with E-state index in [2.05, 4.69) is 60.7 Å². The topological polar surface area (TPSA) is 86.1 Å². The van der Waals surface area contributed by atoms with E-state index < -0.39 is 6.04 Å². The zero-order valence-corrected chi connectivity index (χ0v) is 20.5. The molecule has 1 aliphatic carbocycles. The van der Waals surface area contributed by atoms with Crippen LogP contribution in [0.3, 0.4) is 0 Å². The van der Waals surface area contributed by atoms with Crippen LogP contribution in [0.2, 0.25) is 0 Å². The lowest BCUT2D eigenvalue weighted by Crippen LogP contribution is -2.31. The van der Waals surface area contributed by atoms with Gasteiger partial charge in [0, 0.05) is 23.3 Å². The lowest BCUT2D eigenvalue weighted by molar-refractivity contribution is -0.118. The molecule has 0 amide bonds. The van der Waals surface area contributed by atoms with E-state index in [4.69, 9.17) is 0 Å². The lowest BCUT2D eigenvalue weighted by atomic mass is 9.73. The molecule has 0 radical (unpaired) electrons. The molecule has 0 aromatic heterocycles. The fourth-order valence-corrected chi connectivity index (χ4v) is 4.89. The number of nitrogens with zero attached hydrogens (tertiary/aromatic N) is 2. The van der Waals surface area contributed by atoms with Gasteiger partial charge in [-0.15, -0.1) is 0 Å². The lowest BCUT2D eigenvalue weighted by Gasteiger charge is -2.34. The molecule has 1 heterocycles. The minimum Gasteiger partial charge on any atom is -0.508 e. The molecular weight excluding hydrogens is 436 g/mol. The smallest absolute Gasteiger partial charge is 0.163 e. The maximum Gasteiger partial charge on any atom is 0.163 e. The minimum absolute atomic E-state index is 0.0817. The summed E-state index contributed by atoms with van der Waals surface area (Å²) in [5.41, 5.74) is 7.53. The first-order chi connectivity index (χ1) is 16.7. The van der Waals surface area contributed by atoms with Crippen LogP contribution in [0, 0.1) is 19.3 Å². The van der Waals surface area contributed by atoms with Crippen LogP contribution in [0.4, 0.5) is 22.7 Å². The number of aromatic hydroxyl groups is 1. The zero-order valence-electron chi connectivity index (χ0n) is 20.5. The predicted molar refractivity (Wildman–Crippen MR) is 140 cm³/mol. The third kappa shape index (κ3) is 4.56. The Morgan fingerprint density at radius 1 is 0.886 bits per heavy atom. The number of nitrogens with one attached hydrogen (secondary N) is 2. The number of allylic oxidation sites excluding steroid dienone is 1. The standard InChI is InChI=1S/C29H30N4O2/c1-17-12-22-23(13-18(17)2)31-28(27-24(30-22)15-29(3,4)16-26(27)35)21-14-20(10-11-25(21)34)33-32-19-8-6-5-7-9-19/h5-14,28,30-31,34H,15-16H2,1-4H3. The molecular formula is C29H30N4O2. The van der Waals surface area contributed by atoms with Gasteiger partial charge < -0.3 is 15.7 Å². The van der Waals surface area contributed by atoms with Crippen LogP contribution in [0.25, 0.3) is 0 Å². The average molecular weight is 467 g/mol. The van der Waals surface area contributed by atoms with Gasteiger partial charge >= 0.3 is 0 Å². The molecule has 6 heteroatoms. The van der Waals surface area contributed by atoms with Crippen molar-refractivity contribution in [2.45, 2.75) is 46.6 Å². The van der Waals surface area contributed by atoms with Gasteiger partial charge in [0.25, 0.3) is 0 Å². The van der Waals surface area contributed by atoms with E-state index in [0.717, 1.165) is 34.7 Å². The highest BCUT2D eigenvalue weighted by molar-refractivity contribution is 6.01. The number of azo groups is 1. The van der Waals surface area contributed by atoms with Gasteiger partial charge in [0.05, 0.1) is 28.8 Å². The Kier molecular flexibility index (Phi) is 5.67. The zero-order chi connectivity index (χ0) is 24.7. The number of fused-ring (bicyclic) bond motifs is 1. The number of carbonyl (C=O) groups is 1. The van der Waals surface area contributed by atoms with Gasteiger partial charge in [-0.1, -0.05) is 32.0 Å². The Hall–Kier alpha value is -3.93. The normalized spacial score (nSPS) is 19.0. The summed E-state index contributed by atoms with van der Waals surface area (Å²) in [6.07, 6.45) is 1.20. The molecule has 0 saturated heterocycles. The van der Waals surface area contributed by atoms with Crippen LogP contribution in [0.5, 0.6) is 5.75 Å². The molecule has 1 aliphatic heterocycles. The van der Waals surface area contributed by atoms with Crippen LogP contribution < -0.4 is 10.6 Å². The second-order valence-electron chi connectivity index (χ2n) is 10.3. The third-order valence-corrected chi connectivity index (χ3v) is 6.79. The molecule has 1 atom stereocenters. The summed E-state index contributed by atoms with van der Waals surface area (Å²) in [5.74, 6) is 0.191. The number of hydrogen-bond donors (Lipinski definition) is 3. The van der Waals surface area contributed by atoms with E-state index in [-0.39, 0.29) is 16.9 Å². The van der Waals surface area contributed by atoms with Crippen molar-refractivity contribution in [3.63, 3.8) is 0 Å². The van der Waals surface area contributed by atoms with E-state index in [0.29, 0.717) is 23.2 Å². The summed E-state index contributed by atoms with van der Waals surface area (Å²) < 4.78 is 0. The van der Waals surface area contributed by atoms with Crippen LogP contribution in [-0.4, -0.2) is 10.9 Å². The van der Waals surface area contributed by atoms with Gasteiger partial charge in [-0.25, -0.2) is 0 Å². The highest BCUT2D eigenvalue weighted by Crippen LogP contribution is 2.47. The summed E-state index contributed by atoms with van der Waals surface area (Å²) in [4.78, 5) is 13.5. The van der Waals surface area contributed by atoms with Gasteiger partial charge in [-0.3, -0.25) is 4.79 Å². The number of ketones is 1. The maximum absolute atomic E-state index is 13.5. The Labute approximate surface area is 205 Å². The van der Waals surface area contributed by atoms with Crippen molar-refractivity contribution in [2.24, 2.45) is 15.6 Å². The van der Waals surface area contributed by atoms with Crippen molar-refractivity contribution < 1.29 is 9.90 Å². The molecule has 0 fully saturated rings. The average Bonchev–Trinajstić information content (AvgIpc) is 2.95. The SMILES string of the molecule is Cc1cc2c(cc1C)NC(c1cc(N=Nc3ccccc3)ccc1O)C1=C(CC(C)(C)CC1=O)N2. The summed E-state index contributed by atoms with van der Waals surface area (Å²) >= 11 is 0. The fraction of sp³-hybridized carbons (Fsp3) is 0.276. The molecule has 178 valence electrons. The largest absolute Gasteiger partial charge is 0.508 e. The van der Waals surface area contributed by atoms with Gasteiger partial charge in [0.1, 0.15) is 5.75 Å². The summed E-state index contributed by atoms with van der Waals surface area (Å²) in [5, 5.41) is 26.8. The van der Waals surface area contributed by atoms with E-state index >= 15 is 0 Å². The Morgan fingerprint density at radius 3 is 2.31 bits per heavy atom. The number of benzene rings is 3. The quantitative estimate of drug-likeness (QED) is 0.346. The maximum atomic E-state index is 13.5. The molecule has 35 heavy (non-hydrogen) atoms. The highest BCUT2D eigenvalue weighted by Gasteiger charge is 2.39. The molecule has 5 rings (SSSR count). The second kappa shape index (κ2) is 8.69. The number of anilines is 2. The Morgan fingerprint density at radius 2 is 1.57 bits per heavy atom. The summed E-state index contributed by atoms with van der Waals surface area (Å²) in [6.45, 7) is 8.39. The molecule has 6 nitrogen and oxygen atoms in total.